The highest BCUT2D eigenvalue weighted by Crippen LogP contribution is 2.30. The number of nitrogens with zero attached hydrogens (tertiary/aromatic N) is 2. The minimum atomic E-state index is -0.432. The van der Waals surface area contributed by atoms with Crippen molar-refractivity contribution in [2.75, 3.05) is 6.61 Å². The average Bonchev–Trinajstić information content (AvgIpc) is 2.88. The lowest BCUT2D eigenvalue weighted by Gasteiger charge is -2.23. The predicted molar refractivity (Wildman–Crippen MR) is 126 cm³/mol. The van der Waals surface area contributed by atoms with Gasteiger partial charge >= 0.3 is 0 Å². The van der Waals surface area contributed by atoms with Crippen LogP contribution in [0, 0.1) is 5.82 Å². The van der Waals surface area contributed by atoms with E-state index in [1.807, 2.05) is 42.5 Å². The molecule has 0 spiro atoms. The lowest BCUT2D eigenvalue weighted by Crippen LogP contribution is -2.32. The zero-order chi connectivity index (χ0) is 23.5. The summed E-state index contributed by atoms with van der Waals surface area (Å²) in [5.74, 6) is 0.0201. The van der Waals surface area contributed by atoms with Gasteiger partial charge in [0.05, 0.1) is 18.3 Å². The van der Waals surface area contributed by atoms with Gasteiger partial charge in [-0.25, -0.2) is 4.39 Å². The van der Waals surface area contributed by atoms with Gasteiger partial charge in [-0.2, -0.15) is 9.78 Å². The van der Waals surface area contributed by atoms with Gasteiger partial charge in [-0.3, -0.25) is 9.59 Å². The summed E-state index contributed by atoms with van der Waals surface area (Å²) in [6.07, 6.45) is 1.87. The van der Waals surface area contributed by atoms with Gasteiger partial charge in [-0.1, -0.05) is 36.4 Å². The number of benzene rings is 3. The molecular weight excluding hydrogens is 433 g/mol. The molecule has 1 aliphatic heterocycles. The normalized spacial score (nSPS) is 13.4. The molecule has 7 heteroatoms. The summed E-state index contributed by atoms with van der Waals surface area (Å²) in [5, 5.41) is 7.29. The first-order valence-corrected chi connectivity index (χ1v) is 11.1. The first-order valence-electron chi connectivity index (χ1n) is 11.1. The molecule has 5 rings (SSSR count). The molecule has 1 atom stereocenters. The highest BCUT2D eigenvalue weighted by molar-refractivity contribution is 5.92. The summed E-state index contributed by atoms with van der Waals surface area (Å²) >= 11 is 0. The first-order chi connectivity index (χ1) is 16.6. The summed E-state index contributed by atoms with van der Waals surface area (Å²) in [5.41, 5.74) is 2.98. The van der Waals surface area contributed by atoms with E-state index >= 15 is 0 Å². The lowest BCUT2D eigenvalue weighted by molar-refractivity contribution is 0.0936. The van der Waals surface area contributed by atoms with E-state index < -0.39 is 23.3 Å². The van der Waals surface area contributed by atoms with Crippen molar-refractivity contribution in [2.24, 2.45) is 0 Å². The van der Waals surface area contributed by atoms with Gasteiger partial charge in [-0.05, 0) is 72.0 Å². The SMILES string of the molecule is O=C(NC(c1ccccc1)c1ccc2c(c1)CCCO2)c1ccc(=O)n(-c2ccc(F)cc2)n1. The Bertz CT molecular complexity index is 1380. The Morgan fingerprint density at radius 3 is 2.56 bits per heavy atom. The maximum Gasteiger partial charge on any atom is 0.272 e. The van der Waals surface area contributed by atoms with E-state index in [-0.39, 0.29) is 5.69 Å². The molecule has 6 nitrogen and oxygen atoms in total. The Kier molecular flexibility index (Phi) is 5.91. The average molecular weight is 455 g/mol. The molecule has 34 heavy (non-hydrogen) atoms. The van der Waals surface area contributed by atoms with Crippen molar-refractivity contribution in [2.45, 2.75) is 18.9 Å². The summed E-state index contributed by atoms with van der Waals surface area (Å²) in [6, 6.07) is 23.2. The molecule has 0 bridgehead atoms. The summed E-state index contributed by atoms with van der Waals surface area (Å²) < 4.78 is 20.1. The van der Waals surface area contributed by atoms with Crippen LogP contribution < -0.4 is 15.6 Å². The molecule has 3 aromatic carbocycles. The van der Waals surface area contributed by atoms with Gasteiger partial charge in [0.15, 0.2) is 0 Å². The maximum absolute atomic E-state index is 13.3. The molecule has 0 radical (unpaired) electrons. The molecule has 1 N–H and O–H groups in total. The van der Waals surface area contributed by atoms with E-state index in [0.29, 0.717) is 12.3 Å². The number of amides is 1. The van der Waals surface area contributed by atoms with Crippen molar-refractivity contribution in [3.8, 4) is 11.4 Å². The third-order valence-electron chi connectivity index (χ3n) is 5.78. The van der Waals surface area contributed by atoms with E-state index in [9.17, 15) is 14.0 Å². The number of rotatable bonds is 5. The number of carbonyl (C=O) groups excluding carboxylic acids is 1. The number of ether oxygens (including phenoxy) is 1. The summed E-state index contributed by atoms with van der Waals surface area (Å²) in [7, 11) is 0. The molecule has 1 amide bonds. The standard InChI is InChI=1S/C27H22FN3O3/c28-21-9-11-22(12-10-21)31-25(32)15-13-23(30-31)27(33)29-26(18-5-2-1-3-6-18)20-8-14-24-19(17-20)7-4-16-34-24/h1-3,5-6,8-15,17,26H,4,7,16H2,(H,29,33). The van der Waals surface area contributed by atoms with Gasteiger partial charge in [-0.15, -0.1) is 0 Å². The highest BCUT2D eigenvalue weighted by Gasteiger charge is 2.21. The van der Waals surface area contributed by atoms with Gasteiger partial charge in [0.1, 0.15) is 17.3 Å². The van der Waals surface area contributed by atoms with Crippen LogP contribution in [0.15, 0.2) is 89.7 Å². The van der Waals surface area contributed by atoms with Gasteiger partial charge < -0.3 is 10.1 Å². The van der Waals surface area contributed by atoms with Gasteiger partial charge in [0, 0.05) is 6.07 Å². The summed E-state index contributed by atoms with van der Waals surface area (Å²) in [4.78, 5) is 25.6. The number of carbonyl (C=O) groups is 1. The van der Waals surface area contributed by atoms with Crippen LogP contribution in [0.5, 0.6) is 5.75 Å². The molecule has 170 valence electrons. The van der Waals surface area contributed by atoms with Crippen molar-refractivity contribution >= 4 is 5.91 Å². The molecule has 0 fully saturated rings. The molecule has 0 saturated carbocycles. The number of nitrogens with one attached hydrogen (secondary N) is 1. The van der Waals surface area contributed by atoms with E-state index in [4.69, 9.17) is 4.74 Å². The third kappa shape index (κ3) is 4.45. The van der Waals surface area contributed by atoms with Crippen LogP contribution in [-0.4, -0.2) is 22.3 Å². The smallest absolute Gasteiger partial charge is 0.272 e. The van der Waals surface area contributed by atoms with Crippen LogP contribution in [-0.2, 0) is 6.42 Å². The van der Waals surface area contributed by atoms with Gasteiger partial charge in [0.2, 0.25) is 0 Å². The third-order valence-corrected chi connectivity index (χ3v) is 5.78. The lowest BCUT2D eigenvalue weighted by atomic mass is 9.94. The molecule has 1 aliphatic rings. The minimum Gasteiger partial charge on any atom is -0.493 e. The predicted octanol–water partition coefficient (Wildman–Crippen LogP) is 4.22. The Hall–Kier alpha value is -4.26. The topological polar surface area (TPSA) is 73.2 Å². The van der Waals surface area contributed by atoms with Crippen molar-refractivity contribution in [1.29, 1.82) is 0 Å². The maximum atomic E-state index is 13.3. The van der Waals surface area contributed by atoms with Crippen molar-refractivity contribution < 1.29 is 13.9 Å². The van der Waals surface area contributed by atoms with E-state index in [2.05, 4.69) is 16.5 Å². The van der Waals surface area contributed by atoms with Crippen molar-refractivity contribution in [1.82, 2.24) is 15.1 Å². The van der Waals surface area contributed by atoms with Crippen LogP contribution in [0.25, 0.3) is 5.69 Å². The number of halogens is 1. The fourth-order valence-electron chi connectivity index (χ4n) is 4.07. The summed E-state index contributed by atoms with van der Waals surface area (Å²) in [6.45, 7) is 0.709. The van der Waals surface area contributed by atoms with E-state index in [1.54, 1.807) is 0 Å². The zero-order valence-corrected chi connectivity index (χ0v) is 18.3. The second-order valence-corrected chi connectivity index (χ2v) is 8.08. The Morgan fingerprint density at radius 1 is 0.971 bits per heavy atom. The molecule has 1 unspecified atom stereocenters. The van der Waals surface area contributed by atoms with Crippen molar-refractivity contribution in [3.63, 3.8) is 0 Å². The zero-order valence-electron chi connectivity index (χ0n) is 18.3. The van der Waals surface area contributed by atoms with E-state index in [0.717, 1.165) is 40.0 Å². The van der Waals surface area contributed by atoms with Crippen LogP contribution >= 0.6 is 0 Å². The molecule has 1 aromatic heterocycles. The Labute approximate surface area is 195 Å². The van der Waals surface area contributed by atoms with Crippen LogP contribution in [0.1, 0.15) is 39.6 Å². The minimum absolute atomic E-state index is 0.0751. The van der Waals surface area contributed by atoms with Gasteiger partial charge in [0.25, 0.3) is 11.5 Å². The van der Waals surface area contributed by atoms with Crippen LogP contribution in [0.4, 0.5) is 4.39 Å². The van der Waals surface area contributed by atoms with Crippen molar-refractivity contribution in [3.05, 3.63) is 123 Å². The number of hydrogen-bond acceptors (Lipinski definition) is 4. The van der Waals surface area contributed by atoms with E-state index in [1.165, 1.54) is 36.4 Å². The molecule has 2 heterocycles. The Morgan fingerprint density at radius 2 is 1.76 bits per heavy atom. The number of fused-ring (bicyclic) bond motifs is 1. The van der Waals surface area contributed by atoms with Crippen LogP contribution in [0.3, 0.4) is 0 Å². The molecular formula is C27H22FN3O3. The second-order valence-electron chi connectivity index (χ2n) is 8.08. The largest absolute Gasteiger partial charge is 0.493 e. The molecule has 4 aromatic rings. The molecule has 0 saturated heterocycles. The number of hydrogen-bond donors (Lipinski definition) is 1. The second kappa shape index (κ2) is 9.31. The quantitative estimate of drug-likeness (QED) is 0.489. The first kappa shape index (κ1) is 21.6. The number of aromatic nitrogens is 2. The van der Waals surface area contributed by atoms with Crippen LogP contribution in [0.2, 0.25) is 0 Å². The fourth-order valence-corrected chi connectivity index (χ4v) is 4.07. The highest BCUT2D eigenvalue weighted by atomic mass is 19.1. The molecule has 0 aliphatic carbocycles. The monoisotopic (exact) mass is 455 g/mol. The number of aryl methyl sites for hydroxylation is 1. The Balaban J connectivity index is 1.49. The fraction of sp³-hybridized carbons (Fsp3) is 0.148.